The van der Waals surface area contributed by atoms with E-state index in [1.165, 1.54) is 12.1 Å². The fraction of sp³-hybridized carbons (Fsp3) is 0.0833. The summed E-state index contributed by atoms with van der Waals surface area (Å²) in [5.74, 6) is 0.884. The summed E-state index contributed by atoms with van der Waals surface area (Å²) in [4.78, 5) is 4.47. The number of rotatable bonds is 5. The molecule has 3 aromatic heterocycles. The van der Waals surface area contributed by atoms with Gasteiger partial charge < -0.3 is 14.4 Å². The van der Waals surface area contributed by atoms with Crippen molar-refractivity contribution in [1.29, 1.82) is 0 Å². The SMILES string of the molecule is O/N=c1\cc(-c2cc3sccc3cn2)oc2ccc(OCCc3ccc(F)cc3)cc12. The zero-order valence-electron chi connectivity index (χ0n) is 16.3. The standard InChI is InChI=1S/C24H17FN2O3S/c25-17-3-1-15(2-4-17)7-9-29-18-5-6-22-19(11-18)20(27-28)12-23(30-22)21-13-24-16(14-26-21)8-10-31-24/h1-6,8,10-14,28H,7,9H2/b27-20+. The van der Waals surface area contributed by atoms with E-state index in [1.54, 1.807) is 53.9 Å². The van der Waals surface area contributed by atoms with Crippen LogP contribution < -0.4 is 10.1 Å². The average molecular weight is 432 g/mol. The van der Waals surface area contributed by atoms with Crippen LogP contribution in [0.15, 0.2) is 81.8 Å². The molecule has 5 nitrogen and oxygen atoms in total. The topological polar surface area (TPSA) is 67.9 Å². The molecule has 0 fully saturated rings. The van der Waals surface area contributed by atoms with Crippen molar-refractivity contribution in [3.8, 4) is 17.2 Å². The Morgan fingerprint density at radius 3 is 2.77 bits per heavy atom. The van der Waals surface area contributed by atoms with E-state index in [2.05, 4.69) is 10.1 Å². The number of benzene rings is 2. The van der Waals surface area contributed by atoms with Crippen LogP contribution in [-0.4, -0.2) is 16.8 Å². The maximum absolute atomic E-state index is 13.0. The molecule has 0 spiro atoms. The van der Waals surface area contributed by atoms with Gasteiger partial charge in [0.05, 0.1) is 12.0 Å². The van der Waals surface area contributed by atoms with Crippen LogP contribution in [0.1, 0.15) is 5.56 Å². The molecule has 0 atom stereocenters. The number of halogens is 1. The second-order valence-corrected chi connectivity index (χ2v) is 7.95. The van der Waals surface area contributed by atoms with Gasteiger partial charge in [0, 0.05) is 28.8 Å². The molecule has 0 radical (unpaired) electrons. The normalized spacial score (nSPS) is 12.0. The van der Waals surface area contributed by atoms with Gasteiger partial charge in [-0.05, 0) is 53.4 Å². The van der Waals surface area contributed by atoms with E-state index in [0.29, 0.717) is 46.6 Å². The quantitative estimate of drug-likeness (QED) is 0.283. The minimum atomic E-state index is -0.256. The van der Waals surface area contributed by atoms with Gasteiger partial charge in [-0.2, -0.15) is 0 Å². The Hall–Kier alpha value is -3.71. The molecule has 0 saturated carbocycles. The largest absolute Gasteiger partial charge is 0.493 e. The van der Waals surface area contributed by atoms with E-state index >= 15 is 0 Å². The highest BCUT2D eigenvalue weighted by Crippen LogP contribution is 2.27. The molecule has 0 unspecified atom stereocenters. The highest BCUT2D eigenvalue weighted by atomic mass is 32.1. The Bertz CT molecular complexity index is 1440. The lowest BCUT2D eigenvalue weighted by Gasteiger charge is -2.08. The number of aromatic nitrogens is 1. The molecule has 31 heavy (non-hydrogen) atoms. The first-order chi connectivity index (χ1) is 15.2. The molecule has 154 valence electrons. The summed E-state index contributed by atoms with van der Waals surface area (Å²) >= 11 is 1.63. The number of thiophene rings is 1. The Morgan fingerprint density at radius 2 is 1.94 bits per heavy atom. The van der Waals surface area contributed by atoms with Crippen molar-refractivity contribution in [3.05, 3.63) is 89.0 Å². The first-order valence-electron chi connectivity index (χ1n) is 9.66. The predicted molar refractivity (Wildman–Crippen MR) is 118 cm³/mol. The third-order valence-corrected chi connectivity index (χ3v) is 5.86. The smallest absolute Gasteiger partial charge is 0.155 e. The summed E-state index contributed by atoms with van der Waals surface area (Å²) in [6.07, 6.45) is 2.45. The molecule has 0 aliphatic carbocycles. The second kappa shape index (κ2) is 8.20. The molecule has 5 rings (SSSR count). The van der Waals surface area contributed by atoms with E-state index in [4.69, 9.17) is 9.15 Å². The summed E-state index contributed by atoms with van der Waals surface area (Å²) in [6, 6.07) is 17.3. The van der Waals surface area contributed by atoms with Gasteiger partial charge in [0.1, 0.15) is 28.2 Å². The minimum absolute atomic E-state index is 0.256. The van der Waals surface area contributed by atoms with Gasteiger partial charge in [-0.1, -0.05) is 17.3 Å². The van der Waals surface area contributed by atoms with Gasteiger partial charge in [-0.15, -0.1) is 11.3 Å². The Labute approximate surface area is 180 Å². The zero-order valence-corrected chi connectivity index (χ0v) is 17.1. The van der Waals surface area contributed by atoms with Crippen molar-refractivity contribution in [2.75, 3.05) is 6.61 Å². The molecule has 0 amide bonds. The van der Waals surface area contributed by atoms with Crippen LogP contribution in [0.3, 0.4) is 0 Å². The molecule has 0 saturated heterocycles. The van der Waals surface area contributed by atoms with E-state index < -0.39 is 0 Å². The van der Waals surface area contributed by atoms with Crippen molar-refractivity contribution in [3.63, 3.8) is 0 Å². The van der Waals surface area contributed by atoms with Crippen LogP contribution in [0.25, 0.3) is 32.5 Å². The third kappa shape index (κ3) is 4.00. The molecule has 0 bridgehead atoms. The van der Waals surface area contributed by atoms with Crippen LogP contribution in [-0.2, 0) is 6.42 Å². The molecule has 3 heterocycles. The minimum Gasteiger partial charge on any atom is -0.493 e. The van der Waals surface area contributed by atoms with Crippen molar-refractivity contribution in [2.45, 2.75) is 6.42 Å². The zero-order chi connectivity index (χ0) is 21.2. The molecular weight excluding hydrogens is 415 g/mol. The summed E-state index contributed by atoms with van der Waals surface area (Å²) in [7, 11) is 0. The fourth-order valence-corrected chi connectivity index (χ4v) is 4.17. The van der Waals surface area contributed by atoms with Crippen LogP contribution in [0.4, 0.5) is 4.39 Å². The fourth-order valence-electron chi connectivity index (χ4n) is 3.37. The van der Waals surface area contributed by atoms with Crippen molar-refractivity contribution in [2.24, 2.45) is 5.16 Å². The highest BCUT2D eigenvalue weighted by Gasteiger charge is 2.10. The predicted octanol–water partition coefficient (Wildman–Crippen LogP) is 5.76. The van der Waals surface area contributed by atoms with Gasteiger partial charge in [0.15, 0.2) is 5.76 Å². The second-order valence-electron chi connectivity index (χ2n) is 7.01. The van der Waals surface area contributed by atoms with Gasteiger partial charge in [0.25, 0.3) is 0 Å². The van der Waals surface area contributed by atoms with Gasteiger partial charge in [0.2, 0.25) is 0 Å². The molecule has 1 N–H and O–H groups in total. The maximum atomic E-state index is 13.0. The lowest BCUT2D eigenvalue weighted by molar-refractivity contribution is 0.302. The van der Waals surface area contributed by atoms with Gasteiger partial charge >= 0.3 is 0 Å². The van der Waals surface area contributed by atoms with E-state index in [0.717, 1.165) is 15.6 Å². The van der Waals surface area contributed by atoms with Crippen LogP contribution >= 0.6 is 11.3 Å². The molecule has 5 aromatic rings. The third-order valence-electron chi connectivity index (χ3n) is 4.99. The number of nitrogens with zero attached hydrogens (tertiary/aromatic N) is 2. The maximum Gasteiger partial charge on any atom is 0.155 e. The Balaban J connectivity index is 1.42. The molecule has 7 heteroatoms. The van der Waals surface area contributed by atoms with Crippen LogP contribution in [0.5, 0.6) is 5.75 Å². The molecule has 2 aromatic carbocycles. The number of ether oxygens (including phenoxy) is 1. The first kappa shape index (κ1) is 19.3. The van der Waals surface area contributed by atoms with E-state index in [-0.39, 0.29) is 5.82 Å². The molecule has 0 aliphatic rings. The van der Waals surface area contributed by atoms with Crippen LogP contribution in [0.2, 0.25) is 0 Å². The number of fused-ring (bicyclic) bond motifs is 2. The summed E-state index contributed by atoms with van der Waals surface area (Å²) in [6.45, 7) is 0.433. The van der Waals surface area contributed by atoms with Crippen LogP contribution in [0, 0.1) is 5.82 Å². The Kier molecular flexibility index (Phi) is 5.09. The first-order valence-corrected chi connectivity index (χ1v) is 10.5. The number of hydrogen-bond acceptors (Lipinski definition) is 6. The molecular formula is C24H17FN2O3S. The summed E-state index contributed by atoms with van der Waals surface area (Å²) < 4.78 is 26.0. The van der Waals surface area contributed by atoms with Crippen molar-refractivity contribution >= 4 is 32.4 Å². The number of hydrogen-bond donors (Lipinski definition) is 1. The van der Waals surface area contributed by atoms with Gasteiger partial charge in [-0.3, -0.25) is 4.98 Å². The average Bonchev–Trinajstić information content (AvgIpc) is 3.27. The highest BCUT2D eigenvalue weighted by molar-refractivity contribution is 7.17. The summed E-state index contributed by atoms with van der Waals surface area (Å²) in [5, 5.41) is 17.1. The van der Waals surface area contributed by atoms with Gasteiger partial charge in [-0.25, -0.2) is 4.39 Å². The summed E-state index contributed by atoms with van der Waals surface area (Å²) in [5.41, 5.74) is 2.22. The Morgan fingerprint density at radius 1 is 1.06 bits per heavy atom. The lowest BCUT2D eigenvalue weighted by atomic mass is 10.1. The van der Waals surface area contributed by atoms with Crippen molar-refractivity contribution < 1.29 is 18.8 Å². The van der Waals surface area contributed by atoms with E-state index in [1.807, 2.05) is 17.5 Å². The monoisotopic (exact) mass is 432 g/mol. The molecule has 0 aliphatic heterocycles. The van der Waals surface area contributed by atoms with E-state index in [9.17, 15) is 9.60 Å². The lowest BCUT2D eigenvalue weighted by Crippen LogP contribution is -2.05. The number of pyridine rings is 1. The van der Waals surface area contributed by atoms with Crippen molar-refractivity contribution in [1.82, 2.24) is 4.98 Å².